The van der Waals surface area contributed by atoms with Crippen molar-refractivity contribution < 1.29 is 18.5 Å². The third-order valence-corrected chi connectivity index (χ3v) is 4.16. The minimum Gasteiger partial charge on any atom is -0.466 e. The second-order valence-corrected chi connectivity index (χ2v) is 6.36. The van der Waals surface area contributed by atoms with Crippen LogP contribution in [0, 0.1) is 20.8 Å². The molecule has 0 fully saturated rings. The fraction of sp³-hybridized carbons (Fsp3) is 0.368. The van der Waals surface area contributed by atoms with Gasteiger partial charge >= 0.3 is 0 Å². The number of carbonyl (C=O) groups is 2. The van der Waals surface area contributed by atoms with Crippen LogP contribution in [0.5, 0.6) is 0 Å². The van der Waals surface area contributed by atoms with E-state index in [0.717, 1.165) is 17.7 Å². The maximum absolute atomic E-state index is 12.7. The molecule has 27 heavy (non-hydrogen) atoms. The van der Waals surface area contributed by atoms with E-state index in [1.807, 2.05) is 26.8 Å². The summed E-state index contributed by atoms with van der Waals surface area (Å²) < 4.78 is 10.8. The molecule has 8 nitrogen and oxygen atoms in total. The number of nitrogens with zero attached hydrogens (tertiary/aromatic N) is 2. The Morgan fingerprint density at radius 3 is 2.59 bits per heavy atom. The molecule has 3 heterocycles. The van der Waals surface area contributed by atoms with Gasteiger partial charge in [0.25, 0.3) is 11.6 Å². The lowest BCUT2D eigenvalue weighted by molar-refractivity contribution is -0.120. The summed E-state index contributed by atoms with van der Waals surface area (Å²) in [5.41, 5.74) is 2.51. The van der Waals surface area contributed by atoms with Crippen LogP contribution in [0.3, 0.4) is 0 Å². The van der Waals surface area contributed by atoms with Crippen molar-refractivity contribution in [1.82, 2.24) is 20.8 Å². The number of amides is 2. The topological polar surface area (TPSA) is 110 Å². The van der Waals surface area contributed by atoms with Crippen molar-refractivity contribution in [2.24, 2.45) is 0 Å². The lowest BCUT2D eigenvalue weighted by Crippen LogP contribution is -2.37. The molecular formula is C19H22N4O4. The highest BCUT2D eigenvalue weighted by Crippen LogP contribution is 2.30. The number of aromatic nitrogens is 2. The van der Waals surface area contributed by atoms with Gasteiger partial charge in [-0.3, -0.25) is 9.59 Å². The number of furan rings is 1. The predicted octanol–water partition coefficient (Wildman–Crippen LogP) is 2.66. The zero-order valence-corrected chi connectivity index (χ0v) is 15.8. The van der Waals surface area contributed by atoms with E-state index in [9.17, 15) is 9.59 Å². The number of hydrogen-bond donors (Lipinski definition) is 2. The predicted molar refractivity (Wildman–Crippen MR) is 99.4 cm³/mol. The quantitative estimate of drug-likeness (QED) is 0.690. The number of aryl methyl sites for hydroxylation is 3. The van der Waals surface area contributed by atoms with Crippen molar-refractivity contribution in [2.75, 3.05) is 13.1 Å². The van der Waals surface area contributed by atoms with E-state index in [2.05, 4.69) is 20.8 Å². The average Bonchev–Trinajstić information content (AvgIpc) is 3.18. The molecule has 142 valence electrons. The van der Waals surface area contributed by atoms with Crippen molar-refractivity contribution >= 4 is 22.9 Å². The van der Waals surface area contributed by atoms with Gasteiger partial charge in [0.1, 0.15) is 11.5 Å². The molecule has 0 saturated heterocycles. The summed E-state index contributed by atoms with van der Waals surface area (Å²) in [5, 5.41) is 9.81. The van der Waals surface area contributed by atoms with Crippen LogP contribution in [0.1, 0.15) is 40.9 Å². The van der Waals surface area contributed by atoms with Crippen molar-refractivity contribution in [3.63, 3.8) is 0 Å². The number of fused-ring (bicyclic) bond motifs is 1. The van der Waals surface area contributed by atoms with Crippen LogP contribution >= 0.6 is 0 Å². The summed E-state index contributed by atoms with van der Waals surface area (Å²) in [7, 11) is 0. The van der Waals surface area contributed by atoms with Gasteiger partial charge in [-0.25, -0.2) is 4.98 Å². The summed E-state index contributed by atoms with van der Waals surface area (Å²) >= 11 is 0. The minimum atomic E-state index is -0.389. The Morgan fingerprint density at radius 1 is 1.15 bits per heavy atom. The smallest absolute Gasteiger partial charge is 0.259 e. The Morgan fingerprint density at radius 2 is 1.93 bits per heavy atom. The van der Waals surface area contributed by atoms with Crippen LogP contribution in [0.2, 0.25) is 0 Å². The van der Waals surface area contributed by atoms with Crippen molar-refractivity contribution in [3.05, 3.63) is 34.9 Å². The second-order valence-electron chi connectivity index (χ2n) is 6.36. The van der Waals surface area contributed by atoms with E-state index in [0.29, 0.717) is 34.6 Å². The SMILES string of the molecule is CCCNC(=O)CNC(=O)c1cc(-c2cc(C)oc2C)nc2onc(C)c12. The zero-order valence-electron chi connectivity index (χ0n) is 15.8. The first-order valence-electron chi connectivity index (χ1n) is 8.80. The van der Waals surface area contributed by atoms with Gasteiger partial charge in [0.15, 0.2) is 0 Å². The van der Waals surface area contributed by atoms with Gasteiger partial charge in [0.05, 0.1) is 28.9 Å². The molecular weight excluding hydrogens is 348 g/mol. The van der Waals surface area contributed by atoms with Gasteiger partial charge in [-0.15, -0.1) is 0 Å². The molecule has 0 spiro atoms. The van der Waals surface area contributed by atoms with Gasteiger partial charge in [-0.1, -0.05) is 12.1 Å². The largest absolute Gasteiger partial charge is 0.466 e. The highest BCUT2D eigenvalue weighted by molar-refractivity contribution is 6.07. The maximum Gasteiger partial charge on any atom is 0.259 e. The Bertz CT molecular complexity index is 1000. The standard InChI is InChI=1S/C19H22N4O4/c1-5-6-20-16(24)9-21-18(25)14-8-15(13-7-10(2)26-12(13)4)22-19-17(14)11(3)23-27-19/h7-8H,5-6,9H2,1-4H3,(H,20,24)(H,21,25). The van der Waals surface area contributed by atoms with Crippen LogP contribution in [0.25, 0.3) is 22.4 Å². The first-order chi connectivity index (χ1) is 12.9. The molecule has 3 aromatic heterocycles. The summed E-state index contributed by atoms with van der Waals surface area (Å²) in [5.74, 6) is 0.816. The average molecular weight is 370 g/mol. The number of pyridine rings is 1. The summed E-state index contributed by atoms with van der Waals surface area (Å²) in [6.45, 7) is 7.84. The monoisotopic (exact) mass is 370 g/mol. The highest BCUT2D eigenvalue weighted by atomic mass is 16.5. The molecule has 3 rings (SSSR count). The summed E-state index contributed by atoms with van der Waals surface area (Å²) in [6.07, 6.45) is 0.831. The number of hydrogen-bond acceptors (Lipinski definition) is 6. The summed E-state index contributed by atoms with van der Waals surface area (Å²) in [6, 6.07) is 3.52. The van der Waals surface area contributed by atoms with Gasteiger partial charge in [-0.2, -0.15) is 0 Å². The Balaban J connectivity index is 1.95. The normalized spacial score (nSPS) is 11.0. The molecule has 3 aromatic rings. The molecule has 0 atom stereocenters. The number of carbonyl (C=O) groups excluding carboxylic acids is 2. The Labute approximate surface area is 156 Å². The second kappa shape index (κ2) is 7.61. The number of rotatable bonds is 6. The van der Waals surface area contributed by atoms with Gasteiger partial charge < -0.3 is 19.6 Å². The molecule has 0 aromatic carbocycles. The molecule has 0 radical (unpaired) electrons. The van der Waals surface area contributed by atoms with Crippen LogP contribution in [0.15, 0.2) is 21.1 Å². The molecule has 0 bridgehead atoms. The van der Waals surface area contributed by atoms with Crippen molar-refractivity contribution in [2.45, 2.75) is 34.1 Å². The molecule has 2 N–H and O–H groups in total. The first kappa shape index (κ1) is 18.6. The Hall–Kier alpha value is -3.16. The van der Waals surface area contributed by atoms with E-state index >= 15 is 0 Å². The number of nitrogens with one attached hydrogen (secondary N) is 2. The fourth-order valence-electron chi connectivity index (χ4n) is 2.88. The molecule has 8 heteroatoms. The van der Waals surface area contributed by atoms with Crippen LogP contribution in [-0.2, 0) is 4.79 Å². The van der Waals surface area contributed by atoms with Crippen LogP contribution in [-0.4, -0.2) is 35.0 Å². The zero-order chi connectivity index (χ0) is 19.6. The maximum atomic E-state index is 12.7. The molecule has 0 aliphatic carbocycles. The van der Waals surface area contributed by atoms with Gasteiger partial charge in [0.2, 0.25) is 5.91 Å². The van der Waals surface area contributed by atoms with Crippen LogP contribution < -0.4 is 10.6 Å². The molecule has 0 aliphatic heterocycles. The molecule has 0 saturated carbocycles. The molecule has 2 amide bonds. The fourth-order valence-corrected chi connectivity index (χ4v) is 2.88. The summed E-state index contributed by atoms with van der Waals surface area (Å²) in [4.78, 5) is 29.0. The third kappa shape index (κ3) is 3.84. The van der Waals surface area contributed by atoms with Gasteiger partial charge in [-0.05, 0) is 39.3 Å². The lowest BCUT2D eigenvalue weighted by atomic mass is 10.1. The highest BCUT2D eigenvalue weighted by Gasteiger charge is 2.21. The molecule has 0 aliphatic rings. The molecule has 0 unspecified atom stereocenters. The van der Waals surface area contributed by atoms with Crippen molar-refractivity contribution in [3.8, 4) is 11.3 Å². The van der Waals surface area contributed by atoms with E-state index in [-0.39, 0.29) is 24.1 Å². The minimum absolute atomic E-state index is 0.105. The van der Waals surface area contributed by atoms with Gasteiger partial charge in [0, 0.05) is 12.1 Å². The third-order valence-electron chi connectivity index (χ3n) is 4.16. The Kier molecular flexibility index (Phi) is 5.25. The van der Waals surface area contributed by atoms with Crippen LogP contribution in [0.4, 0.5) is 0 Å². The lowest BCUT2D eigenvalue weighted by Gasteiger charge is -2.08. The van der Waals surface area contributed by atoms with E-state index < -0.39 is 0 Å². The first-order valence-corrected chi connectivity index (χ1v) is 8.80. The van der Waals surface area contributed by atoms with E-state index in [1.165, 1.54) is 0 Å². The van der Waals surface area contributed by atoms with Crippen molar-refractivity contribution in [1.29, 1.82) is 0 Å². The van der Waals surface area contributed by atoms with E-state index in [1.54, 1.807) is 13.0 Å². The van der Waals surface area contributed by atoms with E-state index in [4.69, 9.17) is 8.94 Å².